The Morgan fingerprint density at radius 1 is 1.11 bits per heavy atom. The molecule has 194 valence electrons. The van der Waals surface area contributed by atoms with E-state index < -0.39 is 21.7 Å². The zero-order valence-corrected chi connectivity index (χ0v) is 21.5. The average Bonchev–Trinajstić information content (AvgIpc) is 3.51. The molecule has 0 radical (unpaired) electrons. The topological polar surface area (TPSA) is 133 Å². The van der Waals surface area contributed by atoms with Crippen molar-refractivity contribution >= 4 is 49.8 Å². The van der Waals surface area contributed by atoms with Crippen LogP contribution in [0.4, 0.5) is 15.8 Å². The lowest BCUT2D eigenvalue weighted by molar-refractivity contribution is 0.101. The number of sulfonamides is 1. The molecule has 0 spiro atoms. The number of pyridine rings is 1. The molecular weight excluding hydrogens is 537 g/mol. The minimum Gasteiger partial charge on any atom is -0.497 e. The molecule has 14 heteroatoms. The van der Waals surface area contributed by atoms with Crippen molar-refractivity contribution in [2.24, 2.45) is 7.05 Å². The highest BCUT2D eigenvalue weighted by atomic mass is 35.5. The first-order valence-electron chi connectivity index (χ1n) is 11.0. The number of fused-ring (bicyclic) bond motifs is 1. The zero-order valence-electron chi connectivity index (χ0n) is 19.9. The van der Waals surface area contributed by atoms with E-state index in [2.05, 4.69) is 25.2 Å². The number of rotatable bonds is 7. The lowest BCUT2D eigenvalue weighted by atomic mass is 10.2. The Labute approximate surface area is 220 Å². The monoisotopic (exact) mass is 555 g/mol. The molecule has 0 aliphatic carbocycles. The number of anilines is 2. The number of aryl methyl sites for hydroxylation is 1. The maximum absolute atomic E-state index is 13.4. The van der Waals surface area contributed by atoms with Crippen LogP contribution in [-0.2, 0) is 17.1 Å². The molecule has 5 aromatic rings. The molecule has 0 fully saturated rings. The molecule has 3 heterocycles. The second-order valence-corrected chi connectivity index (χ2v) is 10.2. The highest BCUT2D eigenvalue weighted by Gasteiger charge is 2.21. The van der Waals surface area contributed by atoms with E-state index >= 15 is 0 Å². The molecule has 1 amide bonds. The largest absolute Gasteiger partial charge is 0.497 e. The minimum atomic E-state index is -4.00. The van der Waals surface area contributed by atoms with Crippen LogP contribution in [0.1, 0.15) is 10.5 Å². The number of halogens is 2. The summed E-state index contributed by atoms with van der Waals surface area (Å²) in [6, 6.07) is 11.7. The molecule has 2 N–H and O–H groups in total. The Hall–Kier alpha value is -4.49. The molecule has 0 saturated carbocycles. The number of hydrogen-bond donors (Lipinski definition) is 2. The fraction of sp³-hybridized carbons (Fsp3) is 0.0833. The average molecular weight is 556 g/mol. The first kappa shape index (κ1) is 25.2. The van der Waals surface area contributed by atoms with Crippen LogP contribution < -0.4 is 14.8 Å². The van der Waals surface area contributed by atoms with Gasteiger partial charge >= 0.3 is 0 Å². The third-order valence-electron chi connectivity index (χ3n) is 5.54. The Kier molecular flexibility index (Phi) is 6.46. The summed E-state index contributed by atoms with van der Waals surface area (Å²) < 4.78 is 49.8. The molecule has 0 bridgehead atoms. The summed E-state index contributed by atoms with van der Waals surface area (Å²) in [5.74, 6) is -0.167. The fourth-order valence-electron chi connectivity index (χ4n) is 3.73. The zero-order chi connectivity index (χ0) is 27.0. The van der Waals surface area contributed by atoms with E-state index in [4.69, 9.17) is 16.3 Å². The van der Waals surface area contributed by atoms with Gasteiger partial charge < -0.3 is 10.1 Å². The summed E-state index contributed by atoms with van der Waals surface area (Å²) in [7, 11) is -0.910. The van der Waals surface area contributed by atoms with Crippen molar-refractivity contribution in [3.8, 4) is 11.6 Å². The van der Waals surface area contributed by atoms with Gasteiger partial charge in [-0.1, -0.05) is 11.6 Å². The van der Waals surface area contributed by atoms with E-state index in [1.54, 1.807) is 25.2 Å². The van der Waals surface area contributed by atoms with Crippen LogP contribution in [0.2, 0.25) is 5.02 Å². The van der Waals surface area contributed by atoms with Crippen LogP contribution >= 0.6 is 11.6 Å². The molecule has 5 rings (SSSR count). The van der Waals surface area contributed by atoms with Crippen molar-refractivity contribution in [1.82, 2.24) is 24.5 Å². The van der Waals surface area contributed by atoms with E-state index in [9.17, 15) is 17.6 Å². The smallest absolute Gasteiger partial charge is 0.274 e. The van der Waals surface area contributed by atoms with E-state index in [-0.39, 0.29) is 21.3 Å². The molecule has 11 nitrogen and oxygen atoms in total. The first-order chi connectivity index (χ1) is 18.1. The molecule has 0 saturated heterocycles. The van der Waals surface area contributed by atoms with E-state index in [0.29, 0.717) is 28.2 Å². The van der Waals surface area contributed by atoms with Crippen LogP contribution in [-0.4, -0.2) is 46.0 Å². The Balaban J connectivity index is 1.38. The predicted molar refractivity (Wildman–Crippen MR) is 139 cm³/mol. The second kappa shape index (κ2) is 9.76. The summed E-state index contributed by atoms with van der Waals surface area (Å²) in [6.45, 7) is 0. The quantitative estimate of drug-likeness (QED) is 0.310. The molecule has 0 aliphatic rings. The van der Waals surface area contributed by atoms with Gasteiger partial charge in [0.05, 0.1) is 35.7 Å². The normalized spacial score (nSPS) is 11.5. The number of hydrogen-bond acceptors (Lipinski definition) is 7. The summed E-state index contributed by atoms with van der Waals surface area (Å²) in [5.41, 5.74) is 1.15. The van der Waals surface area contributed by atoms with E-state index in [0.717, 1.165) is 6.07 Å². The van der Waals surface area contributed by atoms with Crippen molar-refractivity contribution < 1.29 is 22.3 Å². The van der Waals surface area contributed by atoms with Gasteiger partial charge in [0.15, 0.2) is 5.82 Å². The number of amides is 1. The maximum Gasteiger partial charge on any atom is 0.274 e. The standard InChI is InChI=1S/C24H19ClFN7O4S/c1-32-23(24(34)29-14-4-6-20(26)19(25)9-14)18-5-3-15(10-21(18)30-32)31-38(35,36)17-12-28-33(13-17)22-11-16(37-2)7-8-27-22/h3-13,31H,1-2H3,(H,29,34). The lowest BCUT2D eigenvalue weighted by Crippen LogP contribution is -2.16. The number of nitrogens with one attached hydrogen (secondary N) is 2. The highest BCUT2D eigenvalue weighted by molar-refractivity contribution is 7.92. The van der Waals surface area contributed by atoms with Gasteiger partial charge in [0.2, 0.25) is 0 Å². The van der Waals surface area contributed by atoms with Crippen molar-refractivity contribution in [2.45, 2.75) is 4.90 Å². The second-order valence-electron chi connectivity index (χ2n) is 8.07. The molecule has 2 aromatic carbocycles. The summed E-state index contributed by atoms with van der Waals surface area (Å²) in [5, 5.41) is 11.4. The molecule has 0 atom stereocenters. The van der Waals surface area contributed by atoms with Crippen LogP contribution in [0.25, 0.3) is 16.7 Å². The van der Waals surface area contributed by atoms with Gasteiger partial charge in [-0.25, -0.2) is 22.5 Å². The summed E-state index contributed by atoms with van der Waals surface area (Å²) in [4.78, 5) is 17.0. The minimum absolute atomic E-state index is 0.0822. The molecule has 0 unspecified atom stereocenters. The van der Waals surface area contributed by atoms with Crippen molar-refractivity contribution in [2.75, 3.05) is 17.1 Å². The number of methoxy groups -OCH3 is 1. The fourth-order valence-corrected chi connectivity index (χ4v) is 4.89. The molecule has 0 aliphatic heterocycles. The Morgan fingerprint density at radius 2 is 1.89 bits per heavy atom. The van der Waals surface area contributed by atoms with Gasteiger partial charge in [-0.3, -0.25) is 14.2 Å². The van der Waals surface area contributed by atoms with E-state index in [1.807, 2.05) is 0 Å². The van der Waals surface area contributed by atoms with E-state index in [1.165, 1.54) is 59.3 Å². The third kappa shape index (κ3) is 4.88. The highest BCUT2D eigenvalue weighted by Crippen LogP contribution is 2.26. The van der Waals surface area contributed by atoms with Crippen LogP contribution in [0.5, 0.6) is 5.75 Å². The van der Waals surface area contributed by atoms with Crippen LogP contribution in [0.15, 0.2) is 72.0 Å². The predicted octanol–water partition coefficient (Wildman–Crippen LogP) is 4.01. The third-order valence-corrected chi connectivity index (χ3v) is 7.16. The number of ether oxygens (including phenoxy) is 1. The first-order valence-corrected chi connectivity index (χ1v) is 12.8. The van der Waals surface area contributed by atoms with Crippen molar-refractivity contribution in [3.63, 3.8) is 0 Å². The Bertz CT molecular complexity index is 1800. The SMILES string of the molecule is COc1ccnc(-n2cc(S(=O)(=O)Nc3ccc4c(C(=O)Nc5ccc(F)c(Cl)c5)n(C)nc4c3)cn2)c1. The van der Waals surface area contributed by atoms with Gasteiger partial charge in [0, 0.05) is 30.4 Å². The van der Waals surface area contributed by atoms with Gasteiger partial charge in [-0.05, 0) is 42.5 Å². The maximum atomic E-state index is 13.4. The van der Waals surface area contributed by atoms with Crippen LogP contribution in [0, 0.1) is 5.82 Å². The van der Waals surface area contributed by atoms with Gasteiger partial charge in [-0.2, -0.15) is 10.2 Å². The number of benzene rings is 2. The van der Waals surface area contributed by atoms with Gasteiger partial charge in [0.1, 0.15) is 22.2 Å². The molecule has 38 heavy (non-hydrogen) atoms. The van der Waals surface area contributed by atoms with Crippen molar-refractivity contribution in [1.29, 1.82) is 0 Å². The number of aromatic nitrogens is 5. The summed E-state index contributed by atoms with van der Waals surface area (Å²) in [6.07, 6.45) is 4.05. The van der Waals surface area contributed by atoms with Gasteiger partial charge in [-0.15, -0.1) is 0 Å². The van der Waals surface area contributed by atoms with Crippen molar-refractivity contribution in [3.05, 3.63) is 83.7 Å². The summed E-state index contributed by atoms with van der Waals surface area (Å²) >= 11 is 5.79. The number of carbonyl (C=O) groups is 1. The molecular formula is C24H19ClFN7O4S. The number of carbonyl (C=O) groups excluding carboxylic acids is 1. The Morgan fingerprint density at radius 3 is 2.66 bits per heavy atom. The molecule has 3 aromatic heterocycles. The van der Waals surface area contributed by atoms with Gasteiger partial charge in [0.25, 0.3) is 15.9 Å². The number of nitrogens with zero attached hydrogens (tertiary/aromatic N) is 5. The van der Waals surface area contributed by atoms with Crippen LogP contribution in [0.3, 0.4) is 0 Å². The lowest BCUT2D eigenvalue weighted by Gasteiger charge is -2.08.